The third kappa shape index (κ3) is 4.07. The summed E-state index contributed by atoms with van der Waals surface area (Å²) in [5, 5.41) is 13.4. The quantitative estimate of drug-likeness (QED) is 0.691. The van der Waals surface area contributed by atoms with E-state index in [1.807, 2.05) is 5.92 Å². The number of amides is 1. The maximum atomic E-state index is 13.7. The molecule has 150 valence electrons. The fraction of sp³-hybridized carbons (Fsp3) is 0.500. The van der Waals surface area contributed by atoms with E-state index in [0.717, 1.165) is 11.4 Å². The Bertz CT molecular complexity index is 823. The largest absolute Gasteiger partial charge is 0.479 e. The molecular weight excluding hydrogens is 390 g/mol. The number of carbonyl (C=O) groups excluding carboxylic acids is 1. The summed E-state index contributed by atoms with van der Waals surface area (Å²) in [7, 11) is 0. The van der Waals surface area contributed by atoms with Crippen molar-refractivity contribution in [2.45, 2.75) is 50.0 Å². The first-order valence-corrected chi connectivity index (χ1v) is 9.52. The van der Waals surface area contributed by atoms with Crippen molar-refractivity contribution >= 4 is 34.9 Å². The molecule has 0 unspecified atom stereocenters. The Balaban J connectivity index is 1.95. The number of alkyl halides is 2. The predicted octanol–water partition coefficient (Wildman–Crippen LogP) is 4.16. The zero-order valence-electron chi connectivity index (χ0n) is 15.2. The lowest BCUT2D eigenvalue weighted by atomic mass is 9.78. The number of carboxylic acid groups (broad SMARTS) is 1. The van der Waals surface area contributed by atoms with E-state index < -0.39 is 49.0 Å². The van der Waals surface area contributed by atoms with Gasteiger partial charge in [-0.25, -0.2) is 13.6 Å². The van der Waals surface area contributed by atoms with Gasteiger partial charge in [0.15, 0.2) is 0 Å². The van der Waals surface area contributed by atoms with Crippen LogP contribution in [0.2, 0.25) is 5.02 Å². The fourth-order valence-corrected chi connectivity index (χ4v) is 3.79. The Morgan fingerprint density at radius 1 is 1.29 bits per heavy atom. The number of carboxylic acids is 1. The first-order chi connectivity index (χ1) is 13.2. The van der Waals surface area contributed by atoms with Crippen molar-refractivity contribution in [3.63, 3.8) is 0 Å². The summed E-state index contributed by atoms with van der Waals surface area (Å²) in [6, 6.07) is 4.63. The third-order valence-corrected chi connectivity index (χ3v) is 5.76. The molecule has 1 aromatic carbocycles. The number of hydrogen-bond donors (Lipinski definition) is 2. The number of hydrogen-bond acceptors (Lipinski definition) is 3. The summed E-state index contributed by atoms with van der Waals surface area (Å²) in [6.07, 6.45) is 5.51. The number of nitrogens with one attached hydrogen (secondary N) is 1. The maximum absolute atomic E-state index is 13.7. The van der Waals surface area contributed by atoms with Crippen LogP contribution in [0.15, 0.2) is 18.2 Å². The van der Waals surface area contributed by atoms with Crippen LogP contribution in [-0.2, 0) is 9.59 Å². The second kappa shape index (κ2) is 7.59. The lowest BCUT2D eigenvalue weighted by Crippen LogP contribution is -2.60. The minimum Gasteiger partial charge on any atom is -0.479 e. The molecule has 0 heterocycles. The van der Waals surface area contributed by atoms with Crippen molar-refractivity contribution in [2.24, 2.45) is 5.92 Å². The number of carbonyl (C=O) groups is 2. The second-order valence-corrected chi connectivity index (χ2v) is 7.87. The van der Waals surface area contributed by atoms with Gasteiger partial charge in [-0.1, -0.05) is 11.6 Å². The van der Waals surface area contributed by atoms with Crippen molar-refractivity contribution in [1.29, 1.82) is 0 Å². The van der Waals surface area contributed by atoms with Crippen LogP contribution in [0.4, 0.5) is 20.2 Å². The molecule has 1 aromatic rings. The Morgan fingerprint density at radius 2 is 1.93 bits per heavy atom. The molecule has 0 saturated heterocycles. The van der Waals surface area contributed by atoms with E-state index in [1.165, 1.54) is 25.0 Å². The van der Waals surface area contributed by atoms with Crippen LogP contribution in [0.1, 0.15) is 38.5 Å². The van der Waals surface area contributed by atoms with Crippen LogP contribution in [0.3, 0.4) is 0 Å². The van der Waals surface area contributed by atoms with E-state index >= 15 is 0 Å². The molecule has 2 saturated carbocycles. The smallest absolute Gasteiger partial charge is 0.330 e. The molecule has 8 heteroatoms. The Hall–Kier alpha value is -2.33. The number of halogens is 3. The standard InChI is InChI=1S/C20H21ClF2N2O3/c1-2-17(26)25(19(18(27)28)7-9-20(22,23)10-8-19)14-5-6-16(15(21)11-14)24-12-13-3-4-13/h1,5-6,11,13,24H,3-4,7-10,12H2,(H,27,28). The van der Waals surface area contributed by atoms with Gasteiger partial charge in [-0.05, 0) is 55.7 Å². The number of aliphatic carboxylic acids is 1. The summed E-state index contributed by atoms with van der Waals surface area (Å²) in [4.78, 5) is 25.5. The number of nitrogens with zero attached hydrogens (tertiary/aromatic N) is 1. The van der Waals surface area contributed by atoms with Gasteiger partial charge in [0.25, 0.3) is 0 Å². The summed E-state index contributed by atoms with van der Waals surface area (Å²) < 4.78 is 27.3. The zero-order valence-corrected chi connectivity index (χ0v) is 15.9. The SMILES string of the molecule is C#CC(=O)N(c1ccc(NCC2CC2)c(Cl)c1)C1(C(=O)O)CCC(F)(F)CC1. The van der Waals surface area contributed by atoms with Crippen molar-refractivity contribution < 1.29 is 23.5 Å². The van der Waals surface area contributed by atoms with Gasteiger partial charge in [0.1, 0.15) is 5.54 Å². The van der Waals surface area contributed by atoms with E-state index in [-0.39, 0.29) is 5.69 Å². The minimum atomic E-state index is -2.96. The van der Waals surface area contributed by atoms with Gasteiger partial charge in [-0.15, -0.1) is 6.42 Å². The van der Waals surface area contributed by atoms with Gasteiger partial charge < -0.3 is 10.4 Å². The molecule has 2 aliphatic rings. The van der Waals surface area contributed by atoms with Gasteiger partial charge in [0.2, 0.25) is 5.92 Å². The lowest BCUT2D eigenvalue weighted by molar-refractivity contribution is -0.150. The van der Waals surface area contributed by atoms with Crippen LogP contribution >= 0.6 is 11.6 Å². The molecule has 0 radical (unpaired) electrons. The Kier molecular flexibility index (Phi) is 5.53. The molecule has 2 fully saturated rings. The van der Waals surface area contributed by atoms with Crippen LogP contribution in [0.5, 0.6) is 0 Å². The lowest BCUT2D eigenvalue weighted by Gasteiger charge is -2.44. The maximum Gasteiger partial charge on any atom is 0.330 e. The molecule has 3 rings (SSSR count). The summed E-state index contributed by atoms with van der Waals surface area (Å²) in [5.74, 6) is -2.68. The third-order valence-electron chi connectivity index (χ3n) is 5.45. The molecule has 0 aromatic heterocycles. The number of rotatable bonds is 6. The molecule has 28 heavy (non-hydrogen) atoms. The first kappa shape index (κ1) is 20.4. The van der Waals surface area contributed by atoms with Crippen molar-refractivity contribution in [2.75, 3.05) is 16.8 Å². The van der Waals surface area contributed by atoms with Crippen LogP contribution in [0, 0.1) is 18.3 Å². The molecule has 0 aliphatic heterocycles. The van der Waals surface area contributed by atoms with E-state index in [4.69, 9.17) is 18.0 Å². The normalized spacial score (nSPS) is 20.1. The van der Waals surface area contributed by atoms with Gasteiger partial charge in [0.05, 0.1) is 10.7 Å². The molecule has 2 aliphatic carbocycles. The summed E-state index contributed by atoms with van der Waals surface area (Å²) >= 11 is 6.31. The predicted molar refractivity (Wildman–Crippen MR) is 103 cm³/mol. The molecule has 0 spiro atoms. The minimum absolute atomic E-state index is 0.178. The van der Waals surface area contributed by atoms with Gasteiger partial charge >= 0.3 is 11.9 Å². The van der Waals surface area contributed by atoms with E-state index in [1.54, 1.807) is 6.07 Å². The van der Waals surface area contributed by atoms with E-state index in [2.05, 4.69) is 5.32 Å². The molecule has 1 amide bonds. The van der Waals surface area contributed by atoms with Gasteiger partial charge in [-0.3, -0.25) is 9.69 Å². The molecular formula is C20H21ClF2N2O3. The number of benzene rings is 1. The van der Waals surface area contributed by atoms with Crippen molar-refractivity contribution in [3.05, 3.63) is 23.2 Å². The number of anilines is 2. The highest BCUT2D eigenvalue weighted by molar-refractivity contribution is 6.33. The van der Waals surface area contributed by atoms with Crippen molar-refractivity contribution in [3.8, 4) is 12.3 Å². The first-order valence-electron chi connectivity index (χ1n) is 9.14. The highest BCUT2D eigenvalue weighted by Crippen LogP contribution is 2.44. The van der Waals surface area contributed by atoms with Crippen molar-refractivity contribution in [1.82, 2.24) is 0 Å². The van der Waals surface area contributed by atoms with E-state index in [9.17, 15) is 23.5 Å². The highest BCUT2D eigenvalue weighted by atomic mass is 35.5. The number of terminal acetylenes is 1. The summed E-state index contributed by atoms with van der Waals surface area (Å²) in [5.41, 5.74) is -1.00. The van der Waals surface area contributed by atoms with E-state index in [0.29, 0.717) is 16.6 Å². The fourth-order valence-electron chi connectivity index (χ4n) is 3.55. The van der Waals surface area contributed by atoms with Gasteiger partial charge in [-0.2, -0.15) is 0 Å². The zero-order chi connectivity index (χ0) is 20.5. The van der Waals surface area contributed by atoms with Gasteiger partial charge in [0, 0.05) is 25.1 Å². The monoisotopic (exact) mass is 410 g/mol. The molecule has 2 N–H and O–H groups in total. The Labute approximate surface area is 167 Å². The average molecular weight is 411 g/mol. The van der Waals surface area contributed by atoms with Crippen LogP contribution in [-0.4, -0.2) is 35.0 Å². The highest BCUT2D eigenvalue weighted by Gasteiger charge is 2.53. The molecule has 0 bridgehead atoms. The van der Waals surface area contributed by atoms with Crippen LogP contribution < -0.4 is 10.2 Å². The second-order valence-electron chi connectivity index (χ2n) is 7.47. The van der Waals surface area contributed by atoms with Crippen LogP contribution in [0.25, 0.3) is 0 Å². The summed E-state index contributed by atoms with van der Waals surface area (Å²) in [6.45, 7) is 0.778. The Morgan fingerprint density at radius 3 is 2.43 bits per heavy atom. The average Bonchev–Trinajstić information content (AvgIpc) is 3.46. The topological polar surface area (TPSA) is 69.6 Å². The molecule has 0 atom stereocenters. The molecule has 5 nitrogen and oxygen atoms in total.